The van der Waals surface area contributed by atoms with Crippen molar-refractivity contribution in [2.24, 2.45) is 0 Å². The Kier molecular flexibility index (Phi) is 8.57. The summed E-state index contributed by atoms with van der Waals surface area (Å²) in [6, 6.07) is 9.68. The summed E-state index contributed by atoms with van der Waals surface area (Å²) in [5.74, 6) is -0.00741. The Morgan fingerprint density at radius 1 is 0.839 bits per heavy atom. The van der Waals surface area contributed by atoms with E-state index < -0.39 is 0 Å². The number of benzene rings is 2. The van der Waals surface area contributed by atoms with Crippen LogP contribution >= 0.6 is 69.6 Å². The smallest absolute Gasteiger partial charge is 0.255 e. The average molecular weight is 539 g/mol. The Balaban J connectivity index is 1.81. The van der Waals surface area contributed by atoms with Crippen LogP contribution in [-0.4, -0.2) is 28.9 Å². The van der Waals surface area contributed by atoms with E-state index in [1.54, 1.807) is 29.2 Å². The lowest BCUT2D eigenvalue weighted by molar-refractivity contribution is 0.0716. The van der Waals surface area contributed by atoms with Gasteiger partial charge in [-0.05, 0) is 35.9 Å². The van der Waals surface area contributed by atoms with Crippen molar-refractivity contribution in [3.63, 3.8) is 0 Å². The normalized spacial score (nSPS) is 10.8. The first kappa shape index (κ1) is 24.2. The molecular formula is C21H14Cl6N2O2. The van der Waals surface area contributed by atoms with Gasteiger partial charge < -0.3 is 9.64 Å². The molecule has 0 spiro atoms. The highest BCUT2D eigenvalue weighted by atomic mass is 35.5. The molecule has 1 aromatic heterocycles. The van der Waals surface area contributed by atoms with Crippen LogP contribution in [0.1, 0.15) is 15.9 Å². The Morgan fingerprint density at radius 2 is 1.52 bits per heavy atom. The summed E-state index contributed by atoms with van der Waals surface area (Å²) in [7, 11) is 0. The Bertz CT molecular complexity index is 1090. The van der Waals surface area contributed by atoms with Gasteiger partial charge in [0, 0.05) is 34.0 Å². The molecule has 1 amide bonds. The van der Waals surface area contributed by atoms with Gasteiger partial charge in [0.25, 0.3) is 5.91 Å². The van der Waals surface area contributed by atoms with E-state index in [2.05, 4.69) is 4.98 Å². The molecule has 4 nitrogen and oxygen atoms in total. The van der Waals surface area contributed by atoms with E-state index in [9.17, 15) is 4.79 Å². The van der Waals surface area contributed by atoms with Gasteiger partial charge in [-0.1, -0.05) is 75.7 Å². The third-order valence-electron chi connectivity index (χ3n) is 4.19. The lowest BCUT2D eigenvalue weighted by atomic mass is 10.2. The van der Waals surface area contributed by atoms with Crippen LogP contribution in [0.4, 0.5) is 0 Å². The summed E-state index contributed by atoms with van der Waals surface area (Å²) in [4.78, 5) is 18.7. The van der Waals surface area contributed by atoms with E-state index >= 15 is 0 Å². The lowest BCUT2D eigenvalue weighted by Crippen LogP contribution is -2.34. The maximum atomic E-state index is 13.1. The van der Waals surface area contributed by atoms with Gasteiger partial charge >= 0.3 is 0 Å². The number of hydrogen-bond acceptors (Lipinski definition) is 3. The molecular weight excluding hydrogens is 525 g/mol. The SMILES string of the molecule is O=C(c1cncc(Cl)c1)N(CCOc1c(Cl)cc(Cl)cc1Cl)Cc1ccc(Cl)cc1Cl. The van der Waals surface area contributed by atoms with Gasteiger partial charge in [-0.15, -0.1) is 0 Å². The third-order valence-corrected chi connectivity index (χ3v) is 5.76. The highest BCUT2D eigenvalue weighted by molar-refractivity contribution is 6.40. The monoisotopic (exact) mass is 536 g/mol. The first-order chi connectivity index (χ1) is 14.7. The van der Waals surface area contributed by atoms with Gasteiger partial charge in [0.05, 0.1) is 27.2 Å². The van der Waals surface area contributed by atoms with E-state index in [0.717, 1.165) is 5.56 Å². The molecule has 0 atom stereocenters. The van der Waals surface area contributed by atoms with Gasteiger partial charge in [0.15, 0.2) is 5.75 Å². The number of carbonyl (C=O) groups is 1. The highest BCUT2D eigenvalue weighted by Crippen LogP contribution is 2.35. The number of amides is 1. The molecule has 0 N–H and O–H groups in total. The van der Waals surface area contributed by atoms with Crippen LogP contribution in [0.2, 0.25) is 30.1 Å². The summed E-state index contributed by atoms with van der Waals surface area (Å²) in [6.07, 6.45) is 2.89. The zero-order chi connectivity index (χ0) is 22.5. The first-order valence-corrected chi connectivity index (χ1v) is 11.1. The van der Waals surface area contributed by atoms with Crippen LogP contribution in [-0.2, 0) is 6.54 Å². The fourth-order valence-corrected chi connectivity index (χ4v) is 4.31. The van der Waals surface area contributed by atoms with Crippen molar-refractivity contribution in [3.8, 4) is 5.75 Å². The molecule has 0 radical (unpaired) electrons. The van der Waals surface area contributed by atoms with Crippen molar-refractivity contribution in [1.29, 1.82) is 0 Å². The van der Waals surface area contributed by atoms with Gasteiger partial charge in [-0.25, -0.2) is 0 Å². The number of nitrogens with zero attached hydrogens (tertiary/aromatic N) is 2. The van der Waals surface area contributed by atoms with Crippen molar-refractivity contribution in [2.75, 3.05) is 13.2 Å². The van der Waals surface area contributed by atoms with Crippen LogP contribution in [0.5, 0.6) is 5.75 Å². The average Bonchev–Trinajstić information content (AvgIpc) is 2.70. The van der Waals surface area contributed by atoms with Gasteiger partial charge in [-0.3, -0.25) is 9.78 Å². The molecule has 0 bridgehead atoms. The van der Waals surface area contributed by atoms with E-state index in [4.69, 9.17) is 74.3 Å². The molecule has 0 unspecified atom stereocenters. The zero-order valence-electron chi connectivity index (χ0n) is 15.7. The molecule has 2 aromatic carbocycles. The quantitative estimate of drug-likeness (QED) is 0.309. The molecule has 0 aliphatic carbocycles. The molecule has 3 aromatic rings. The first-order valence-electron chi connectivity index (χ1n) is 8.85. The van der Waals surface area contributed by atoms with Crippen molar-refractivity contribution in [3.05, 3.63) is 90.1 Å². The standard InChI is InChI=1S/C21H14Cl6N2O2/c22-14-2-1-12(17(25)6-14)11-29(21(30)13-5-16(24)10-28-9-13)3-4-31-20-18(26)7-15(23)8-19(20)27/h1-2,5-10H,3-4,11H2. The molecule has 1 heterocycles. The minimum absolute atomic E-state index is 0.117. The maximum absolute atomic E-state index is 13.1. The van der Waals surface area contributed by atoms with Crippen LogP contribution in [0.3, 0.4) is 0 Å². The predicted octanol–water partition coefficient (Wildman–Crippen LogP) is 7.72. The second-order valence-corrected chi connectivity index (χ2v) is 8.93. The van der Waals surface area contributed by atoms with Gasteiger partial charge in [0.1, 0.15) is 6.61 Å². The molecule has 0 aliphatic heterocycles. The summed E-state index contributed by atoms with van der Waals surface area (Å²) < 4.78 is 5.74. The number of hydrogen-bond donors (Lipinski definition) is 0. The third kappa shape index (κ3) is 6.55. The van der Waals surface area contributed by atoms with Crippen molar-refractivity contribution in [1.82, 2.24) is 9.88 Å². The minimum Gasteiger partial charge on any atom is -0.489 e. The number of aromatic nitrogens is 1. The van der Waals surface area contributed by atoms with Crippen LogP contribution in [0.25, 0.3) is 0 Å². The Morgan fingerprint density at radius 3 is 2.16 bits per heavy atom. The fraction of sp³-hybridized carbons (Fsp3) is 0.143. The Labute approximate surface area is 209 Å². The summed E-state index contributed by atoms with van der Waals surface area (Å²) in [6.45, 7) is 0.540. The van der Waals surface area contributed by atoms with Crippen molar-refractivity contribution in [2.45, 2.75) is 6.54 Å². The largest absolute Gasteiger partial charge is 0.489 e. The topological polar surface area (TPSA) is 42.4 Å². The maximum Gasteiger partial charge on any atom is 0.255 e. The molecule has 31 heavy (non-hydrogen) atoms. The molecule has 0 aliphatic rings. The summed E-state index contributed by atoms with van der Waals surface area (Å²) in [5, 5.41) is 2.24. The number of pyridine rings is 1. The summed E-state index contributed by atoms with van der Waals surface area (Å²) in [5.41, 5.74) is 1.05. The molecule has 3 rings (SSSR count). The lowest BCUT2D eigenvalue weighted by Gasteiger charge is -2.24. The molecule has 10 heteroatoms. The highest BCUT2D eigenvalue weighted by Gasteiger charge is 2.19. The fourth-order valence-electron chi connectivity index (χ4n) is 2.74. The molecule has 0 saturated heterocycles. The second-order valence-electron chi connectivity index (χ2n) is 6.40. The Hall–Kier alpha value is -1.40. The summed E-state index contributed by atoms with van der Waals surface area (Å²) >= 11 is 36.5. The van der Waals surface area contributed by atoms with Gasteiger partial charge in [0.2, 0.25) is 0 Å². The number of ether oxygens (including phenoxy) is 1. The molecule has 0 fully saturated rings. The molecule has 0 saturated carbocycles. The van der Waals surface area contributed by atoms with E-state index in [0.29, 0.717) is 25.7 Å². The van der Waals surface area contributed by atoms with Crippen LogP contribution in [0, 0.1) is 0 Å². The van der Waals surface area contributed by atoms with Crippen molar-refractivity contribution < 1.29 is 9.53 Å². The van der Waals surface area contributed by atoms with Gasteiger partial charge in [-0.2, -0.15) is 0 Å². The van der Waals surface area contributed by atoms with Crippen molar-refractivity contribution >= 4 is 75.5 Å². The number of carbonyl (C=O) groups excluding carboxylic acids is 1. The predicted molar refractivity (Wildman–Crippen MR) is 127 cm³/mol. The van der Waals surface area contributed by atoms with E-state index in [1.807, 2.05) is 0 Å². The number of halogens is 6. The molecule has 162 valence electrons. The van der Waals surface area contributed by atoms with Crippen LogP contribution < -0.4 is 4.74 Å². The van der Waals surface area contributed by atoms with E-state index in [1.165, 1.54) is 24.5 Å². The van der Waals surface area contributed by atoms with E-state index in [-0.39, 0.29) is 41.4 Å². The minimum atomic E-state index is -0.294. The van der Waals surface area contributed by atoms with Crippen LogP contribution in [0.15, 0.2) is 48.8 Å². The zero-order valence-corrected chi connectivity index (χ0v) is 20.3. The second kappa shape index (κ2) is 11.0. The number of rotatable bonds is 7.